The molecule has 148 valence electrons. The summed E-state index contributed by atoms with van der Waals surface area (Å²) in [6.07, 6.45) is 0.343. The van der Waals surface area contributed by atoms with Crippen LogP contribution in [0.3, 0.4) is 0 Å². The Hall–Kier alpha value is -2.68. The second-order valence-corrected chi connectivity index (χ2v) is 9.49. The third-order valence-corrected chi connectivity index (χ3v) is 8.15. The van der Waals surface area contributed by atoms with Crippen molar-refractivity contribution in [2.75, 3.05) is 12.9 Å². The highest BCUT2D eigenvalue weighted by molar-refractivity contribution is 7.95. The van der Waals surface area contributed by atoms with Crippen LogP contribution < -0.4 is 15.4 Å². The molecule has 4 amide bonds. The SMILES string of the molecule is COc1ccccc1[C@@H]1CC(C)=C2C(CCS2(=O)=O)C12C(=O)NC(=O)NC2=O. The van der Waals surface area contributed by atoms with Crippen LogP contribution in [0.2, 0.25) is 0 Å². The molecule has 2 fully saturated rings. The molecular formula is C19H20N2O6S. The fourth-order valence-corrected chi connectivity index (χ4v) is 7.15. The van der Waals surface area contributed by atoms with Gasteiger partial charge in [-0.25, -0.2) is 13.2 Å². The number of fused-ring (bicyclic) bond motifs is 2. The fraction of sp³-hybridized carbons (Fsp3) is 0.421. The molecule has 2 aliphatic heterocycles. The minimum atomic E-state index is -3.55. The number of carbonyl (C=O) groups excluding carboxylic acids is 3. The lowest BCUT2D eigenvalue weighted by Crippen LogP contribution is -2.67. The van der Waals surface area contributed by atoms with Gasteiger partial charge in [-0.15, -0.1) is 0 Å². The smallest absolute Gasteiger partial charge is 0.328 e. The first-order valence-corrected chi connectivity index (χ1v) is 10.6. The number of imide groups is 2. The van der Waals surface area contributed by atoms with Crippen molar-refractivity contribution >= 4 is 27.7 Å². The number of sulfone groups is 1. The van der Waals surface area contributed by atoms with Gasteiger partial charge in [0, 0.05) is 16.7 Å². The number of benzene rings is 1. The molecule has 2 heterocycles. The Morgan fingerprint density at radius 2 is 1.71 bits per heavy atom. The molecule has 0 aromatic heterocycles. The number of rotatable bonds is 2. The Morgan fingerprint density at radius 3 is 2.36 bits per heavy atom. The van der Waals surface area contributed by atoms with Crippen LogP contribution in [0.1, 0.15) is 31.2 Å². The van der Waals surface area contributed by atoms with E-state index in [4.69, 9.17) is 4.74 Å². The standard InChI is InChI=1S/C19H20N2O6S/c1-10-9-13(11-5-3-4-6-14(11)27-2)19(12-7-8-28(25,26)15(10)12)16(22)20-18(24)21-17(19)23/h3-6,12-13H,7-9H2,1-2H3,(H2,20,21,22,23,24)/t12?,13-/m0/s1. The third kappa shape index (κ3) is 2.35. The number of allylic oxidation sites excluding steroid dienone is 2. The van der Waals surface area contributed by atoms with E-state index in [9.17, 15) is 22.8 Å². The van der Waals surface area contributed by atoms with Crippen LogP contribution in [-0.2, 0) is 19.4 Å². The highest BCUT2D eigenvalue weighted by Crippen LogP contribution is 2.59. The molecule has 1 aromatic carbocycles. The summed E-state index contributed by atoms with van der Waals surface area (Å²) >= 11 is 0. The van der Waals surface area contributed by atoms with E-state index in [2.05, 4.69) is 10.6 Å². The molecule has 1 spiro atoms. The Labute approximate surface area is 162 Å². The molecule has 2 atom stereocenters. The summed E-state index contributed by atoms with van der Waals surface area (Å²) in [6.45, 7) is 1.73. The number of urea groups is 1. The molecule has 1 unspecified atom stereocenters. The van der Waals surface area contributed by atoms with Crippen LogP contribution in [0.15, 0.2) is 34.7 Å². The molecule has 8 nitrogen and oxygen atoms in total. The Bertz CT molecular complexity index is 1020. The van der Waals surface area contributed by atoms with Crippen LogP contribution >= 0.6 is 0 Å². The van der Waals surface area contributed by atoms with Crippen LogP contribution in [0.5, 0.6) is 5.75 Å². The van der Waals surface area contributed by atoms with Crippen molar-refractivity contribution in [1.82, 2.24) is 10.6 Å². The number of hydrogen-bond donors (Lipinski definition) is 2. The number of amides is 4. The second kappa shape index (κ2) is 6.16. The maximum atomic E-state index is 13.2. The molecule has 0 bridgehead atoms. The summed E-state index contributed by atoms with van der Waals surface area (Å²) in [5, 5.41) is 4.39. The molecule has 3 aliphatic rings. The highest BCUT2D eigenvalue weighted by Gasteiger charge is 2.66. The topological polar surface area (TPSA) is 119 Å². The third-order valence-electron chi connectivity index (χ3n) is 6.08. The maximum Gasteiger partial charge on any atom is 0.328 e. The Kier molecular flexibility index (Phi) is 4.11. The molecule has 1 aromatic rings. The van der Waals surface area contributed by atoms with Gasteiger partial charge >= 0.3 is 6.03 Å². The predicted octanol–water partition coefficient (Wildman–Crippen LogP) is 1.24. The number of ether oxygens (including phenoxy) is 1. The Balaban J connectivity index is 2.01. The molecule has 0 radical (unpaired) electrons. The molecule has 2 saturated heterocycles. The van der Waals surface area contributed by atoms with Gasteiger partial charge in [-0.3, -0.25) is 20.2 Å². The maximum absolute atomic E-state index is 13.2. The van der Waals surface area contributed by atoms with E-state index in [1.807, 2.05) is 0 Å². The largest absolute Gasteiger partial charge is 0.496 e. The molecule has 4 rings (SSSR count). The van der Waals surface area contributed by atoms with Crippen molar-refractivity contribution < 1.29 is 27.5 Å². The molecule has 9 heteroatoms. The number of barbiturate groups is 1. The van der Waals surface area contributed by atoms with Crippen molar-refractivity contribution in [3.8, 4) is 5.75 Å². The number of carbonyl (C=O) groups is 3. The van der Waals surface area contributed by atoms with E-state index >= 15 is 0 Å². The van der Waals surface area contributed by atoms with Crippen molar-refractivity contribution in [3.05, 3.63) is 40.3 Å². The van der Waals surface area contributed by atoms with E-state index in [0.717, 1.165) is 0 Å². The second-order valence-electron chi connectivity index (χ2n) is 7.41. The van der Waals surface area contributed by atoms with E-state index in [-0.39, 0.29) is 23.5 Å². The van der Waals surface area contributed by atoms with Gasteiger partial charge in [0.2, 0.25) is 11.8 Å². The van der Waals surface area contributed by atoms with Crippen LogP contribution in [0, 0.1) is 11.3 Å². The number of methoxy groups -OCH3 is 1. The van der Waals surface area contributed by atoms with Gasteiger partial charge in [-0.1, -0.05) is 23.8 Å². The van der Waals surface area contributed by atoms with E-state index in [1.165, 1.54) is 7.11 Å². The van der Waals surface area contributed by atoms with Crippen LogP contribution in [0.25, 0.3) is 0 Å². The van der Waals surface area contributed by atoms with Crippen LogP contribution in [0.4, 0.5) is 4.79 Å². The molecule has 28 heavy (non-hydrogen) atoms. The zero-order valence-corrected chi connectivity index (χ0v) is 16.3. The van der Waals surface area contributed by atoms with Gasteiger partial charge in [0.15, 0.2) is 9.84 Å². The van der Waals surface area contributed by atoms with Crippen molar-refractivity contribution in [2.45, 2.75) is 25.7 Å². The van der Waals surface area contributed by atoms with Gasteiger partial charge in [0.1, 0.15) is 11.2 Å². The molecule has 1 aliphatic carbocycles. The Morgan fingerprint density at radius 1 is 1.07 bits per heavy atom. The van der Waals surface area contributed by atoms with Gasteiger partial charge in [0.05, 0.1) is 12.9 Å². The number of hydrogen-bond acceptors (Lipinski definition) is 6. The quantitative estimate of drug-likeness (QED) is 0.716. The van der Waals surface area contributed by atoms with Gasteiger partial charge in [-0.2, -0.15) is 0 Å². The minimum absolute atomic E-state index is 0.126. The normalized spacial score (nSPS) is 28.0. The zero-order valence-electron chi connectivity index (χ0n) is 15.4. The highest BCUT2D eigenvalue weighted by atomic mass is 32.2. The number of nitrogens with one attached hydrogen (secondary N) is 2. The lowest BCUT2D eigenvalue weighted by molar-refractivity contribution is -0.150. The van der Waals surface area contributed by atoms with Crippen LogP contribution in [-0.4, -0.2) is 39.1 Å². The fourth-order valence-electron chi connectivity index (χ4n) is 5.03. The summed E-state index contributed by atoms with van der Waals surface area (Å²) in [7, 11) is -2.06. The summed E-state index contributed by atoms with van der Waals surface area (Å²) in [4.78, 5) is 38.3. The van der Waals surface area contributed by atoms with Gasteiger partial charge < -0.3 is 4.74 Å². The summed E-state index contributed by atoms with van der Waals surface area (Å²) in [6, 6.07) is 6.15. The summed E-state index contributed by atoms with van der Waals surface area (Å²) < 4.78 is 30.8. The average molecular weight is 404 g/mol. The van der Waals surface area contributed by atoms with E-state index in [1.54, 1.807) is 31.2 Å². The first-order chi connectivity index (χ1) is 13.2. The lowest BCUT2D eigenvalue weighted by Gasteiger charge is -2.47. The van der Waals surface area contributed by atoms with Gasteiger partial charge in [-0.05, 0) is 31.4 Å². The monoisotopic (exact) mass is 404 g/mol. The van der Waals surface area contributed by atoms with Crippen molar-refractivity contribution in [2.24, 2.45) is 11.3 Å². The first-order valence-electron chi connectivity index (χ1n) is 8.95. The zero-order chi connectivity index (χ0) is 20.3. The molecule has 2 N–H and O–H groups in total. The molecule has 0 saturated carbocycles. The predicted molar refractivity (Wildman–Crippen MR) is 99.1 cm³/mol. The van der Waals surface area contributed by atoms with E-state index < -0.39 is 44.9 Å². The van der Waals surface area contributed by atoms with E-state index in [0.29, 0.717) is 16.9 Å². The van der Waals surface area contributed by atoms with Crippen molar-refractivity contribution in [1.29, 1.82) is 0 Å². The van der Waals surface area contributed by atoms with Gasteiger partial charge in [0.25, 0.3) is 0 Å². The number of para-hydroxylation sites is 1. The van der Waals surface area contributed by atoms with Crippen molar-refractivity contribution in [3.63, 3.8) is 0 Å². The lowest BCUT2D eigenvalue weighted by atomic mass is 9.56. The summed E-state index contributed by atoms with van der Waals surface area (Å²) in [5.41, 5.74) is -0.463. The first kappa shape index (κ1) is 18.7. The molecular weight excluding hydrogens is 384 g/mol. The minimum Gasteiger partial charge on any atom is -0.496 e. The summed E-state index contributed by atoms with van der Waals surface area (Å²) in [5.74, 6) is -2.64. The average Bonchev–Trinajstić information content (AvgIpc) is 2.96.